The number of nitrogens with two attached hydrogens (primary N) is 2. The number of carbonyl (C=O) groups is 1. The molecule has 1 aliphatic heterocycles. The van der Waals surface area contributed by atoms with Gasteiger partial charge in [-0.15, -0.1) is 0 Å². The number of imidazole rings is 1. The van der Waals surface area contributed by atoms with Crippen molar-refractivity contribution in [2.75, 3.05) is 18.1 Å². The van der Waals surface area contributed by atoms with Gasteiger partial charge in [-0.1, -0.05) is 0 Å². The summed E-state index contributed by atoms with van der Waals surface area (Å²) in [6, 6.07) is -0.802. The molecular weight excluding hydrogens is 364 g/mol. The number of esters is 1. The number of nitrogen functional groups attached to an aromatic ring is 1. The number of hydrogen-bond donors (Lipinski definition) is 5. The van der Waals surface area contributed by atoms with E-state index in [1.807, 2.05) is 0 Å². The Morgan fingerprint density at radius 1 is 1.38 bits per heavy atom. The molecule has 26 heavy (non-hydrogen) atoms. The molecule has 3 heterocycles. The van der Waals surface area contributed by atoms with Crippen LogP contribution in [0.2, 0.25) is 0 Å². The van der Waals surface area contributed by atoms with Crippen LogP contribution in [-0.4, -0.2) is 72.4 Å². The van der Waals surface area contributed by atoms with Crippen molar-refractivity contribution in [3.8, 4) is 0 Å². The number of anilines is 1. The summed E-state index contributed by atoms with van der Waals surface area (Å²) in [5.41, 5.74) is 12.1. The van der Waals surface area contributed by atoms with Gasteiger partial charge in [-0.05, 0) is 12.2 Å². The lowest BCUT2D eigenvalue weighted by Crippen LogP contribution is -2.38. The first-order valence-electron chi connectivity index (χ1n) is 7.91. The average molecular weight is 384 g/mol. The summed E-state index contributed by atoms with van der Waals surface area (Å²) >= 11 is 4.01. The Hall–Kier alpha value is -1.99. The molecule has 0 bridgehead atoms. The lowest BCUT2D eigenvalue weighted by atomic mass is 10.1. The molecule has 5 atom stereocenters. The summed E-state index contributed by atoms with van der Waals surface area (Å²) in [5, 5.41) is 20.5. The summed E-state index contributed by atoms with van der Waals surface area (Å²) in [6.07, 6.45) is -1.45. The smallest absolute Gasteiger partial charge is 0.323 e. The molecule has 2 aromatic heterocycles. The second-order valence-corrected chi connectivity index (χ2v) is 6.33. The Balaban J connectivity index is 1.71. The molecule has 6 N–H and O–H groups in total. The first-order valence-corrected chi connectivity index (χ1v) is 8.55. The van der Waals surface area contributed by atoms with Crippen molar-refractivity contribution in [1.82, 2.24) is 19.5 Å². The van der Waals surface area contributed by atoms with E-state index in [0.29, 0.717) is 23.3 Å². The lowest BCUT2D eigenvalue weighted by Gasteiger charge is -2.17. The van der Waals surface area contributed by atoms with E-state index in [1.165, 1.54) is 17.2 Å². The van der Waals surface area contributed by atoms with Crippen molar-refractivity contribution < 1.29 is 24.5 Å². The highest BCUT2D eigenvalue weighted by Crippen LogP contribution is 2.32. The third kappa shape index (κ3) is 3.46. The minimum absolute atomic E-state index is 0.186. The predicted molar refractivity (Wildman–Crippen MR) is 93.1 cm³/mol. The van der Waals surface area contributed by atoms with Crippen LogP contribution in [0, 0.1) is 0 Å². The third-order valence-corrected chi connectivity index (χ3v) is 4.39. The highest BCUT2D eigenvalue weighted by atomic mass is 32.1. The van der Waals surface area contributed by atoms with Crippen molar-refractivity contribution in [1.29, 1.82) is 0 Å². The van der Waals surface area contributed by atoms with Crippen LogP contribution in [0.1, 0.15) is 12.6 Å². The standard InChI is InChI=1S/C14H20N6O5S/c15-6(1-2-26)14(23)24-3-7-9(21)10(22)13(25-7)20-5-19-8-11(16)17-4-18-12(8)20/h4-7,9-10,13,21-22,26H,1-3,15H2,(H2,16,17,18)/t6-,7-,9?,10?,13-/m1/s1. The van der Waals surface area contributed by atoms with Crippen LogP contribution in [0.5, 0.6) is 0 Å². The first-order chi connectivity index (χ1) is 12.4. The van der Waals surface area contributed by atoms with Crippen molar-refractivity contribution in [2.45, 2.75) is 37.0 Å². The van der Waals surface area contributed by atoms with E-state index in [2.05, 4.69) is 27.6 Å². The second-order valence-electron chi connectivity index (χ2n) is 5.88. The SMILES string of the molecule is Nc1ncnc2c1ncn2[C@@H]1O[C@H](COC(=O)[C@H](N)CCS)C(O)C1O. The van der Waals surface area contributed by atoms with Gasteiger partial charge in [0.05, 0.1) is 6.33 Å². The molecule has 1 aliphatic rings. The zero-order valence-electron chi connectivity index (χ0n) is 13.7. The maximum absolute atomic E-state index is 11.8. The second kappa shape index (κ2) is 7.72. The first kappa shape index (κ1) is 18.8. The molecule has 2 aromatic rings. The van der Waals surface area contributed by atoms with Crippen LogP contribution < -0.4 is 11.5 Å². The molecule has 12 heteroatoms. The number of ether oxygens (including phenoxy) is 2. The van der Waals surface area contributed by atoms with Gasteiger partial charge < -0.3 is 31.2 Å². The van der Waals surface area contributed by atoms with Gasteiger partial charge in [0, 0.05) is 0 Å². The molecule has 0 amide bonds. The zero-order valence-corrected chi connectivity index (χ0v) is 14.6. The molecule has 142 valence electrons. The largest absolute Gasteiger partial charge is 0.462 e. The van der Waals surface area contributed by atoms with E-state index in [0.717, 1.165) is 0 Å². The van der Waals surface area contributed by atoms with Gasteiger partial charge in [-0.3, -0.25) is 9.36 Å². The summed E-state index contributed by atoms with van der Waals surface area (Å²) < 4.78 is 12.2. The molecular formula is C14H20N6O5S. The van der Waals surface area contributed by atoms with Gasteiger partial charge in [-0.2, -0.15) is 12.6 Å². The Morgan fingerprint density at radius 3 is 2.88 bits per heavy atom. The van der Waals surface area contributed by atoms with E-state index in [4.69, 9.17) is 20.9 Å². The fourth-order valence-corrected chi connectivity index (χ4v) is 2.96. The highest BCUT2D eigenvalue weighted by molar-refractivity contribution is 7.80. The van der Waals surface area contributed by atoms with E-state index < -0.39 is 36.6 Å². The molecule has 1 saturated heterocycles. The van der Waals surface area contributed by atoms with Crippen molar-refractivity contribution in [3.05, 3.63) is 12.7 Å². The zero-order chi connectivity index (χ0) is 18.8. The minimum Gasteiger partial charge on any atom is -0.462 e. The van der Waals surface area contributed by atoms with Crippen molar-refractivity contribution >= 4 is 35.6 Å². The topological polar surface area (TPSA) is 172 Å². The van der Waals surface area contributed by atoms with Crippen LogP contribution in [0.3, 0.4) is 0 Å². The summed E-state index contributed by atoms with van der Waals surface area (Å²) in [7, 11) is 0. The van der Waals surface area contributed by atoms with Gasteiger partial charge in [-0.25, -0.2) is 15.0 Å². The lowest BCUT2D eigenvalue weighted by molar-refractivity contribution is -0.151. The van der Waals surface area contributed by atoms with Crippen molar-refractivity contribution in [3.63, 3.8) is 0 Å². The number of nitrogens with zero attached hydrogens (tertiary/aromatic N) is 4. The van der Waals surface area contributed by atoms with Crippen LogP contribution in [0.15, 0.2) is 12.7 Å². The fourth-order valence-electron chi connectivity index (χ4n) is 2.68. The van der Waals surface area contributed by atoms with Crippen LogP contribution in [0.25, 0.3) is 11.2 Å². The number of aliphatic hydroxyl groups is 2. The number of aromatic nitrogens is 4. The fraction of sp³-hybridized carbons (Fsp3) is 0.571. The Bertz CT molecular complexity index is 788. The van der Waals surface area contributed by atoms with Gasteiger partial charge >= 0.3 is 5.97 Å². The maximum Gasteiger partial charge on any atom is 0.323 e. The monoisotopic (exact) mass is 384 g/mol. The number of carbonyl (C=O) groups excluding carboxylic acids is 1. The average Bonchev–Trinajstić information content (AvgIpc) is 3.16. The molecule has 0 saturated carbocycles. The quantitative estimate of drug-likeness (QED) is 0.283. The van der Waals surface area contributed by atoms with Crippen LogP contribution >= 0.6 is 12.6 Å². The van der Waals surface area contributed by atoms with E-state index in [9.17, 15) is 15.0 Å². The number of aliphatic hydroxyl groups excluding tert-OH is 2. The normalized spacial score (nSPS) is 26.9. The molecule has 0 radical (unpaired) electrons. The molecule has 0 aromatic carbocycles. The molecule has 3 rings (SSSR count). The number of thiol groups is 1. The van der Waals surface area contributed by atoms with E-state index in [-0.39, 0.29) is 12.4 Å². The molecule has 0 aliphatic carbocycles. The van der Waals surface area contributed by atoms with Gasteiger partial charge in [0.25, 0.3) is 0 Å². The molecule has 2 unspecified atom stereocenters. The summed E-state index contributed by atoms with van der Waals surface area (Å²) in [5.74, 6) is 0.00464. The summed E-state index contributed by atoms with van der Waals surface area (Å²) in [4.78, 5) is 23.8. The Labute approximate surface area is 153 Å². The van der Waals surface area contributed by atoms with Gasteiger partial charge in [0.1, 0.15) is 42.8 Å². The summed E-state index contributed by atoms with van der Waals surface area (Å²) in [6.45, 7) is -0.252. The van der Waals surface area contributed by atoms with Gasteiger partial charge in [0.15, 0.2) is 17.7 Å². The van der Waals surface area contributed by atoms with E-state index >= 15 is 0 Å². The van der Waals surface area contributed by atoms with Crippen molar-refractivity contribution in [2.24, 2.45) is 5.73 Å². The maximum atomic E-state index is 11.8. The van der Waals surface area contributed by atoms with Gasteiger partial charge in [0.2, 0.25) is 0 Å². The Kier molecular flexibility index (Phi) is 5.58. The minimum atomic E-state index is -1.28. The van der Waals surface area contributed by atoms with Crippen LogP contribution in [-0.2, 0) is 14.3 Å². The molecule has 11 nitrogen and oxygen atoms in total. The molecule has 0 spiro atoms. The van der Waals surface area contributed by atoms with E-state index in [1.54, 1.807) is 0 Å². The number of hydrogen-bond acceptors (Lipinski definition) is 11. The number of rotatable bonds is 6. The number of fused-ring (bicyclic) bond motifs is 1. The predicted octanol–water partition coefficient (Wildman–Crippen LogP) is -1.78. The Morgan fingerprint density at radius 2 is 2.15 bits per heavy atom. The highest BCUT2D eigenvalue weighted by Gasteiger charge is 2.45. The molecule has 1 fully saturated rings. The van der Waals surface area contributed by atoms with Crippen LogP contribution in [0.4, 0.5) is 5.82 Å². The third-order valence-electron chi connectivity index (χ3n) is 4.13.